The first-order valence-corrected chi connectivity index (χ1v) is 6.74. The van der Waals surface area contributed by atoms with Gasteiger partial charge in [0.05, 0.1) is 6.61 Å². The van der Waals surface area contributed by atoms with E-state index in [1.807, 2.05) is 0 Å². The molecule has 0 aromatic heterocycles. The third kappa shape index (κ3) is 2.68. The summed E-state index contributed by atoms with van der Waals surface area (Å²) >= 11 is 0. The van der Waals surface area contributed by atoms with Gasteiger partial charge in [-0.25, -0.2) is 0 Å². The number of hydrogen-bond donors (Lipinski definition) is 1. The molecule has 1 saturated carbocycles. The van der Waals surface area contributed by atoms with Crippen molar-refractivity contribution >= 4 is 11.9 Å². The van der Waals surface area contributed by atoms with Crippen molar-refractivity contribution in [3.8, 4) is 0 Å². The molecule has 0 saturated heterocycles. The Labute approximate surface area is 109 Å². The standard InChI is InChI=1S/C14H24O4/c1-5-18-13(17)14(4,12(15)16)11-7-6-9(2)10(3)8-11/h9-11H,5-8H2,1-4H3,(H,15,16). The predicted molar refractivity (Wildman–Crippen MR) is 68.0 cm³/mol. The van der Waals surface area contributed by atoms with E-state index in [0.29, 0.717) is 11.8 Å². The van der Waals surface area contributed by atoms with Crippen molar-refractivity contribution in [1.82, 2.24) is 0 Å². The average Bonchev–Trinajstić information content (AvgIpc) is 2.31. The number of rotatable bonds is 4. The Balaban J connectivity index is 2.91. The van der Waals surface area contributed by atoms with Crippen molar-refractivity contribution in [3.63, 3.8) is 0 Å². The summed E-state index contributed by atoms with van der Waals surface area (Å²) in [6.07, 6.45) is 2.55. The van der Waals surface area contributed by atoms with E-state index in [1.54, 1.807) is 6.92 Å². The lowest BCUT2D eigenvalue weighted by Crippen LogP contribution is -2.46. The maximum absolute atomic E-state index is 12.0. The molecule has 4 nitrogen and oxygen atoms in total. The van der Waals surface area contributed by atoms with E-state index in [0.717, 1.165) is 19.3 Å². The fourth-order valence-electron chi connectivity index (χ4n) is 2.78. The Morgan fingerprint density at radius 2 is 1.89 bits per heavy atom. The van der Waals surface area contributed by atoms with E-state index >= 15 is 0 Å². The number of aliphatic carboxylic acids is 1. The number of hydrogen-bond acceptors (Lipinski definition) is 3. The summed E-state index contributed by atoms with van der Waals surface area (Å²) in [4.78, 5) is 23.5. The maximum atomic E-state index is 12.0. The van der Waals surface area contributed by atoms with Gasteiger partial charge in [-0.1, -0.05) is 20.3 Å². The average molecular weight is 256 g/mol. The molecule has 4 heteroatoms. The molecule has 0 heterocycles. The van der Waals surface area contributed by atoms with Gasteiger partial charge in [0.25, 0.3) is 0 Å². The van der Waals surface area contributed by atoms with E-state index in [9.17, 15) is 14.7 Å². The molecule has 1 aliphatic rings. The zero-order valence-corrected chi connectivity index (χ0v) is 11.7. The molecular weight excluding hydrogens is 232 g/mol. The van der Waals surface area contributed by atoms with E-state index in [-0.39, 0.29) is 12.5 Å². The second-order valence-electron chi connectivity index (χ2n) is 5.69. The van der Waals surface area contributed by atoms with Crippen LogP contribution in [0.3, 0.4) is 0 Å². The van der Waals surface area contributed by atoms with Gasteiger partial charge in [-0.05, 0) is 44.4 Å². The van der Waals surface area contributed by atoms with Gasteiger partial charge in [0, 0.05) is 0 Å². The molecule has 0 aliphatic heterocycles. The normalized spacial score (nSPS) is 31.4. The number of carboxylic acid groups (broad SMARTS) is 1. The van der Waals surface area contributed by atoms with Gasteiger partial charge < -0.3 is 9.84 Å². The first kappa shape index (κ1) is 15.0. The third-order valence-electron chi connectivity index (χ3n) is 4.56. The Hall–Kier alpha value is -1.06. The van der Waals surface area contributed by atoms with Crippen LogP contribution in [-0.4, -0.2) is 23.7 Å². The summed E-state index contributed by atoms with van der Waals surface area (Å²) in [5, 5.41) is 9.43. The smallest absolute Gasteiger partial charge is 0.323 e. The minimum Gasteiger partial charge on any atom is -0.480 e. The van der Waals surface area contributed by atoms with Crippen LogP contribution < -0.4 is 0 Å². The molecular formula is C14H24O4. The van der Waals surface area contributed by atoms with Crippen LogP contribution in [0.1, 0.15) is 47.0 Å². The topological polar surface area (TPSA) is 63.6 Å². The highest BCUT2D eigenvalue weighted by Crippen LogP contribution is 2.43. The van der Waals surface area contributed by atoms with Crippen molar-refractivity contribution in [2.45, 2.75) is 47.0 Å². The van der Waals surface area contributed by atoms with E-state index in [1.165, 1.54) is 6.92 Å². The Morgan fingerprint density at radius 1 is 1.28 bits per heavy atom. The first-order chi connectivity index (χ1) is 8.33. The van der Waals surface area contributed by atoms with Crippen LogP contribution in [-0.2, 0) is 14.3 Å². The largest absolute Gasteiger partial charge is 0.480 e. The maximum Gasteiger partial charge on any atom is 0.323 e. The quantitative estimate of drug-likeness (QED) is 0.620. The predicted octanol–water partition coefficient (Wildman–Crippen LogP) is 2.71. The van der Waals surface area contributed by atoms with Crippen LogP contribution in [0.4, 0.5) is 0 Å². The van der Waals surface area contributed by atoms with Gasteiger partial charge in [0.15, 0.2) is 5.41 Å². The number of esters is 1. The Bertz CT molecular complexity index is 326. The third-order valence-corrected chi connectivity index (χ3v) is 4.56. The zero-order valence-electron chi connectivity index (χ0n) is 11.7. The lowest BCUT2D eigenvalue weighted by Gasteiger charge is -2.39. The summed E-state index contributed by atoms with van der Waals surface area (Å²) in [7, 11) is 0. The summed E-state index contributed by atoms with van der Waals surface area (Å²) in [5.74, 6) is -0.726. The van der Waals surface area contributed by atoms with Crippen LogP contribution in [0.5, 0.6) is 0 Å². The van der Waals surface area contributed by atoms with Gasteiger partial charge in [-0.3, -0.25) is 9.59 Å². The molecule has 4 atom stereocenters. The van der Waals surface area contributed by atoms with Crippen LogP contribution in [0.25, 0.3) is 0 Å². The monoisotopic (exact) mass is 256 g/mol. The second kappa shape index (κ2) is 5.72. The number of carbonyl (C=O) groups is 2. The molecule has 0 radical (unpaired) electrons. The van der Waals surface area contributed by atoms with Crippen LogP contribution in [0.15, 0.2) is 0 Å². The SMILES string of the molecule is CCOC(=O)C(C)(C(=O)O)C1CCC(C)C(C)C1. The molecule has 18 heavy (non-hydrogen) atoms. The minimum absolute atomic E-state index is 0.125. The Kier molecular flexibility index (Phi) is 4.77. The van der Waals surface area contributed by atoms with Gasteiger partial charge in [-0.15, -0.1) is 0 Å². The minimum atomic E-state index is -1.40. The molecule has 0 aromatic rings. The highest BCUT2D eigenvalue weighted by molar-refractivity contribution is 5.99. The van der Waals surface area contributed by atoms with Gasteiger partial charge in [0.2, 0.25) is 0 Å². The highest BCUT2D eigenvalue weighted by atomic mass is 16.5. The lowest BCUT2D eigenvalue weighted by molar-refractivity contribution is -0.173. The van der Waals surface area contributed by atoms with Gasteiger partial charge in [-0.2, -0.15) is 0 Å². The van der Waals surface area contributed by atoms with Crippen LogP contribution in [0, 0.1) is 23.2 Å². The zero-order chi connectivity index (χ0) is 13.9. The molecule has 0 spiro atoms. The molecule has 1 N–H and O–H groups in total. The summed E-state index contributed by atoms with van der Waals surface area (Å²) < 4.78 is 4.96. The second-order valence-corrected chi connectivity index (χ2v) is 5.69. The van der Waals surface area contributed by atoms with E-state index < -0.39 is 17.4 Å². The lowest BCUT2D eigenvalue weighted by atomic mass is 9.65. The van der Waals surface area contributed by atoms with E-state index in [2.05, 4.69) is 13.8 Å². The van der Waals surface area contributed by atoms with E-state index in [4.69, 9.17) is 4.74 Å². The molecule has 0 amide bonds. The Morgan fingerprint density at radius 3 is 2.33 bits per heavy atom. The van der Waals surface area contributed by atoms with Gasteiger partial charge >= 0.3 is 11.9 Å². The molecule has 0 bridgehead atoms. The molecule has 0 aromatic carbocycles. The van der Waals surface area contributed by atoms with Crippen molar-refractivity contribution < 1.29 is 19.4 Å². The van der Waals surface area contributed by atoms with Crippen LogP contribution in [0.2, 0.25) is 0 Å². The van der Waals surface area contributed by atoms with Crippen molar-refractivity contribution in [2.75, 3.05) is 6.61 Å². The fraction of sp³-hybridized carbons (Fsp3) is 0.857. The van der Waals surface area contributed by atoms with Crippen LogP contribution >= 0.6 is 0 Å². The number of ether oxygens (including phenoxy) is 1. The first-order valence-electron chi connectivity index (χ1n) is 6.74. The molecule has 1 aliphatic carbocycles. The number of carbonyl (C=O) groups excluding carboxylic acids is 1. The summed E-state index contributed by atoms with van der Waals surface area (Å²) in [5.41, 5.74) is -1.40. The fourth-order valence-corrected chi connectivity index (χ4v) is 2.78. The number of carboxylic acids is 1. The van der Waals surface area contributed by atoms with Gasteiger partial charge in [0.1, 0.15) is 0 Å². The molecule has 1 fully saturated rings. The molecule has 1 rings (SSSR count). The molecule has 104 valence electrons. The highest BCUT2D eigenvalue weighted by Gasteiger charge is 2.51. The van der Waals surface area contributed by atoms with Crippen molar-refractivity contribution in [1.29, 1.82) is 0 Å². The van der Waals surface area contributed by atoms with Crippen molar-refractivity contribution in [2.24, 2.45) is 23.2 Å². The summed E-state index contributed by atoms with van der Waals surface area (Å²) in [6.45, 7) is 7.75. The summed E-state index contributed by atoms with van der Waals surface area (Å²) in [6, 6.07) is 0. The van der Waals surface area contributed by atoms with Crippen molar-refractivity contribution in [3.05, 3.63) is 0 Å². The molecule has 4 unspecified atom stereocenters.